The van der Waals surface area contributed by atoms with Crippen molar-refractivity contribution in [2.45, 2.75) is 39.3 Å². The maximum absolute atomic E-state index is 13.5. The SMILES string of the molecule is CC1CNC(=O)[C@@H]1C[C@@H](C=O)NC(=O)[C@@H]1[C@@H]2[C@H](CN1C(=O)COc1cccc(-c3ccc(Cl)cc3)c1)C2(C)C. The van der Waals surface area contributed by atoms with Crippen molar-refractivity contribution in [1.29, 1.82) is 0 Å². The maximum Gasteiger partial charge on any atom is 0.261 e. The third-order valence-electron chi connectivity index (χ3n) is 8.79. The third-order valence-corrected chi connectivity index (χ3v) is 9.05. The normalized spacial score (nSPS) is 27.3. The molecule has 1 saturated carbocycles. The molecule has 2 aromatic carbocycles. The molecule has 3 amide bonds. The van der Waals surface area contributed by atoms with Gasteiger partial charge in [-0.05, 0) is 65.0 Å². The molecule has 8 nitrogen and oxygen atoms in total. The largest absolute Gasteiger partial charge is 0.484 e. The number of hydrogen-bond acceptors (Lipinski definition) is 5. The Bertz CT molecular complexity index is 1280. The van der Waals surface area contributed by atoms with E-state index in [9.17, 15) is 19.2 Å². The lowest BCUT2D eigenvalue weighted by Crippen LogP contribution is -2.53. The Balaban J connectivity index is 1.24. The predicted octanol–water partition coefficient (Wildman–Crippen LogP) is 3.32. The van der Waals surface area contributed by atoms with Gasteiger partial charge >= 0.3 is 0 Å². The molecule has 39 heavy (non-hydrogen) atoms. The number of rotatable bonds is 9. The molecule has 0 spiro atoms. The topological polar surface area (TPSA) is 105 Å². The van der Waals surface area contributed by atoms with Gasteiger partial charge in [0.2, 0.25) is 11.8 Å². The van der Waals surface area contributed by atoms with Crippen molar-refractivity contribution < 1.29 is 23.9 Å². The molecular formula is C30H34ClN3O5. The molecule has 1 unspecified atom stereocenters. The van der Waals surface area contributed by atoms with E-state index in [0.717, 1.165) is 11.1 Å². The summed E-state index contributed by atoms with van der Waals surface area (Å²) in [4.78, 5) is 52.4. The minimum atomic E-state index is -0.793. The average molecular weight is 552 g/mol. The van der Waals surface area contributed by atoms with Crippen molar-refractivity contribution in [3.63, 3.8) is 0 Å². The van der Waals surface area contributed by atoms with Crippen LogP contribution in [0.1, 0.15) is 27.2 Å². The van der Waals surface area contributed by atoms with Gasteiger partial charge in [-0.15, -0.1) is 0 Å². The molecule has 0 aromatic heterocycles. The monoisotopic (exact) mass is 551 g/mol. The van der Waals surface area contributed by atoms with E-state index in [1.807, 2.05) is 49.4 Å². The van der Waals surface area contributed by atoms with E-state index in [0.29, 0.717) is 30.1 Å². The van der Waals surface area contributed by atoms with Crippen LogP contribution in [-0.2, 0) is 19.2 Å². The lowest BCUT2D eigenvalue weighted by Gasteiger charge is -2.31. The summed E-state index contributed by atoms with van der Waals surface area (Å²) in [7, 11) is 0. The lowest BCUT2D eigenvalue weighted by atomic mass is 9.90. The molecule has 2 saturated heterocycles. The Morgan fingerprint density at radius 1 is 1.21 bits per heavy atom. The number of likely N-dealkylation sites (tertiary alicyclic amines) is 1. The first-order valence-corrected chi connectivity index (χ1v) is 13.8. The maximum atomic E-state index is 13.5. The van der Waals surface area contributed by atoms with Gasteiger partial charge in [-0.2, -0.15) is 0 Å². The van der Waals surface area contributed by atoms with Crippen LogP contribution in [0.5, 0.6) is 5.75 Å². The lowest BCUT2D eigenvalue weighted by molar-refractivity contribution is -0.142. The molecule has 3 aliphatic rings. The molecule has 3 fully saturated rings. The van der Waals surface area contributed by atoms with Crippen LogP contribution >= 0.6 is 11.6 Å². The van der Waals surface area contributed by atoms with Crippen LogP contribution in [0.2, 0.25) is 5.02 Å². The zero-order chi connectivity index (χ0) is 27.9. The van der Waals surface area contributed by atoms with Crippen LogP contribution in [0.4, 0.5) is 0 Å². The van der Waals surface area contributed by atoms with Crippen LogP contribution in [-0.4, -0.2) is 60.7 Å². The molecule has 0 bridgehead atoms. The van der Waals surface area contributed by atoms with Crippen LogP contribution in [0.3, 0.4) is 0 Å². The summed E-state index contributed by atoms with van der Waals surface area (Å²) in [6, 6.07) is 13.5. The molecule has 6 atom stereocenters. The minimum Gasteiger partial charge on any atom is -0.484 e. The van der Waals surface area contributed by atoms with Crippen molar-refractivity contribution >= 4 is 35.6 Å². The fraction of sp³-hybridized carbons (Fsp3) is 0.467. The molecule has 2 heterocycles. The molecule has 1 aliphatic carbocycles. The van der Waals surface area contributed by atoms with Gasteiger partial charge in [-0.25, -0.2) is 0 Å². The second kappa shape index (κ2) is 10.6. The summed E-state index contributed by atoms with van der Waals surface area (Å²) >= 11 is 6.00. The highest BCUT2D eigenvalue weighted by Gasteiger charge is 2.69. The molecular weight excluding hydrogens is 518 g/mol. The van der Waals surface area contributed by atoms with Crippen molar-refractivity contribution in [3.05, 3.63) is 53.6 Å². The fourth-order valence-electron chi connectivity index (χ4n) is 6.30. The Hall–Kier alpha value is -3.39. The van der Waals surface area contributed by atoms with Gasteiger partial charge < -0.3 is 25.1 Å². The zero-order valence-corrected chi connectivity index (χ0v) is 23.1. The number of nitrogens with one attached hydrogen (secondary N) is 2. The van der Waals surface area contributed by atoms with Crippen molar-refractivity contribution in [2.75, 3.05) is 19.7 Å². The summed E-state index contributed by atoms with van der Waals surface area (Å²) in [6.07, 6.45) is 0.928. The van der Waals surface area contributed by atoms with Gasteiger partial charge in [0.15, 0.2) is 6.61 Å². The third kappa shape index (κ3) is 5.39. The molecule has 206 valence electrons. The Morgan fingerprint density at radius 2 is 1.95 bits per heavy atom. The smallest absolute Gasteiger partial charge is 0.261 e. The molecule has 9 heteroatoms. The first kappa shape index (κ1) is 27.2. The standard InChI is InChI=1S/C30H34ClN3O5/c1-17-13-32-28(37)23(17)12-21(15-35)33-29(38)27-26-24(30(26,2)3)14-34(27)25(36)16-39-22-6-4-5-19(11-22)18-7-9-20(31)10-8-18/h4-11,15,17,21,23-24,26-27H,12-14,16H2,1-3H3,(H,32,37)(H,33,38)/t17?,21-,23+,24-,26-,27-/m0/s1. The van der Waals surface area contributed by atoms with Crippen LogP contribution in [0.25, 0.3) is 11.1 Å². The highest BCUT2D eigenvalue weighted by molar-refractivity contribution is 6.30. The second-order valence-corrected chi connectivity index (χ2v) is 12.0. The number of amides is 3. The summed E-state index contributed by atoms with van der Waals surface area (Å²) in [5.41, 5.74) is 1.84. The van der Waals surface area contributed by atoms with Gasteiger partial charge in [0.25, 0.3) is 5.91 Å². The number of aldehydes is 1. The molecule has 2 aliphatic heterocycles. The minimum absolute atomic E-state index is 0.00990. The average Bonchev–Trinajstić information content (AvgIpc) is 3.20. The summed E-state index contributed by atoms with van der Waals surface area (Å²) in [5.74, 6) is -0.201. The number of hydrogen-bond donors (Lipinski definition) is 2. The Morgan fingerprint density at radius 3 is 2.62 bits per heavy atom. The van der Waals surface area contributed by atoms with E-state index < -0.39 is 12.1 Å². The highest BCUT2D eigenvalue weighted by atomic mass is 35.5. The first-order chi connectivity index (χ1) is 18.6. The van der Waals surface area contributed by atoms with E-state index in [1.165, 1.54) is 0 Å². The number of piperidine rings is 1. The first-order valence-electron chi connectivity index (χ1n) is 13.4. The summed E-state index contributed by atoms with van der Waals surface area (Å²) in [6.45, 7) is 6.98. The number of carbonyl (C=O) groups is 4. The van der Waals surface area contributed by atoms with Gasteiger partial charge in [0.05, 0.1) is 6.04 Å². The number of carbonyl (C=O) groups excluding carboxylic acids is 4. The van der Waals surface area contributed by atoms with Gasteiger partial charge in [0.1, 0.15) is 18.1 Å². The van der Waals surface area contributed by atoms with E-state index in [1.54, 1.807) is 11.0 Å². The van der Waals surface area contributed by atoms with E-state index >= 15 is 0 Å². The van der Waals surface area contributed by atoms with Gasteiger partial charge in [-0.1, -0.05) is 56.6 Å². The number of halogens is 1. The second-order valence-electron chi connectivity index (χ2n) is 11.6. The van der Waals surface area contributed by atoms with E-state index in [-0.39, 0.29) is 59.8 Å². The van der Waals surface area contributed by atoms with Gasteiger partial charge in [0, 0.05) is 24.0 Å². The Kier molecular flexibility index (Phi) is 7.42. The predicted molar refractivity (Wildman–Crippen MR) is 147 cm³/mol. The molecule has 0 radical (unpaired) electrons. The van der Waals surface area contributed by atoms with E-state index in [2.05, 4.69) is 24.5 Å². The van der Waals surface area contributed by atoms with Crippen molar-refractivity contribution in [1.82, 2.24) is 15.5 Å². The number of benzene rings is 2. The highest BCUT2D eigenvalue weighted by Crippen LogP contribution is 2.64. The number of fused-ring (bicyclic) bond motifs is 1. The van der Waals surface area contributed by atoms with Crippen molar-refractivity contribution in [3.8, 4) is 16.9 Å². The fourth-order valence-corrected chi connectivity index (χ4v) is 6.43. The molecule has 2 aromatic rings. The molecule has 2 N–H and O–H groups in total. The summed E-state index contributed by atoms with van der Waals surface area (Å²) in [5, 5.41) is 6.29. The number of nitrogens with zero attached hydrogens (tertiary/aromatic N) is 1. The van der Waals surface area contributed by atoms with Crippen LogP contribution in [0.15, 0.2) is 48.5 Å². The summed E-state index contributed by atoms with van der Waals surface area (Å²) < 4.78 is 5.86. The van der Waals surface area contributed by atoms with E-state index in [4.69, 9.17) is 16.3 Å². The Labute approximate surface area is 233 Å². The van der Waals surface area contributed by atoms with Crippen LogP contribution in [0, 0.1) is 29.1 Å². The van der Waals surface area contributed by atoms with Gasteiger partial charge in [-0.3, -0.25) is 14.4 Å². The molecule has 5 rings (SSSR count). The zero-order valence-electron chi connectivity index (χ0n) is 22.4. The number of ether oxygens (including phenoxy) is 1. The quantitative estimate of drug-likeness (QED) is 0.465. The van der Waals surface area contributed by atoms with Crippen molar-refractivity contribution in [2.24, 2.45) is 29.1 Å². The van der Waals surface area contributed by atoms with Crippen LogP contribution < -0.4 is 15.4 Å².